The van der Waals surface area contributed by atoms with E-state index in [2.05, 4.69) is 10.6 Å². The highest BCUT2D eigenvalue weighted by atomic mass is 32.2. The van der Waals surface area contributed by atoms with Crippen molar-refractivity contribution in [3.8, 4) is 0 Å². The molecule has 4 rings (SSSR count). The number of anilines is 1. The minimum atomic E-state index is -3.86. The Morgan fingerprint density at radius 1 is 0.872 bits per heavy atom. The maximum absolute atomic E-state index is 13.9. The lowest BCUT2D eigenvalue weighted by Gasteiger charge is -2.33. The van der Waals surface area contributed by atoms with Crippen LogP contribution in [0.4, 0.5) is 10.5 Å². The van der Waals surface area contributed by atoms with Gasteiger partial charge in [0.15, 0.2) is 9.84 Å². The smallest absolute Gasteiger partial charge is 0.408 e. The van der Waals surface area contributed by atoms with Gasteiger partial charge in [-0.25, -0.2) is 21.6 Å². The van der Waals surface area contributed by atoms with Gasteiger partial charge in [-0.3, -0.25) is 9.10 Å². The van der Waals surface area contributed by atoms with Gasteiger partial charge in [0.1, 0.15) is 18.8 Å². The van der Waals surface area contributed by atoms with E-state index < -0.39 is 60.9 Å². The fraction of sp³-hybridized carbons (Fsp3) is 0.412. The minimum Gasteiger partial charge on any atom is -0.445 e. The Morgan fingerprint density at radius 2 is 1.43 bits per heavy atom. The Kier molecular flexibility index (Phi) is 11.7. The third-order valence-electron chi connectivity index (χ3n) is 8.36. The van der Waals surface area contributed by atoms with Gasteiger partial charge in [-0.05, 0) is 56.9 Å². The summed E-state index contributed by atoms with van der Waals surface area (Å²) >= 11 is 0. The number of sulfone groups is 1. The van der Waals surface area contributed by atoms with Gasteiger partial charge < -0.3 is 20.1 Å². The summed E-state index contributed by atoms with van der Waals surface area (Å²) in [5, 5.41) is 5.39. The lowest BCUT2D eigenvalue weighted by Crippen LogP contribution is -2.62. The third-order valence-corrected chi connectivity index (χ3v) is 12.4. The molecule has 0 radical (unpaired) electrons. The van der Waals surface area contributed by atoms with Crippen molar-refractivity contribution in [3.63, 3.8) is 0 Å². The van der Waals surface area contributed by atoms with Crippen LogP contribution in [-0.2, 0) is 47.2 Å². The molecule has 0 spiro atoms. The molecule has 13 heteroatoms. The van der Waals surface area contributed by atoms with Crippen molar-refractivity contribution in [1.82, 2.24) is 10.6 Å². The largest absolute Gasteiger partial charge is 0.445 e. The van der Waals surface area contributed by atoms with E-state index in [-0.39, 0.29) is 25.3 Å². The SMILES string of the molecule is CCN(c1ccccc1)S(=O)(=O)CC[C@@H]1O[C@@H]1[C@H](Cc1ccccc1)NC(=O)[C@@H](NC(=O)OCc1ccccc1)C(C)(C)S(C)(=O)=O. The van der Waals surface area contributed by atoms with Gasteiger partial charge in [0.25, 0.3) is 0 Å². The first-order valence-electron chi connectivity index (χ1n) is 15.4. The molecule has 0 unspecified atom stereocenters. The Hall–Kier alpha value is -3.94. The highest BCUT2D eigenvalue weighted by Gasteiger charge is 2.49. The zero-order valence-electron chi connectivity index (χ0n) is 27.0. The van der Waals surface area contributed by atoms with Crippen molar-refractivity contribution in [2.75, 3.05) is 22.9 Å². The number of amides is 2. The van der Waals surface area contributed by atoms with Crippen LogP contribution >= 0.6 is 0 Å². The van der Waals surface area contributed by atoms with Gasteiger partial charge in [-0.1, -0.05) is 78.9 Å². The molecule has 0 aromatic heterocycles. The summed E-state index contributed by atoms with van der Waals surface area (Å²) in [4.78, 5) is 26.7. The van der Waals surface area contributed by atoms with E-state index in [1.54, 1.807) is 55.5 Å². The second kappa shape index (κ2) is 15.3. The van der Waals surface area contributed by atoms with Crippen molar-refractivity contribution in [2.45, 2.75) is 69.3 Å². The van der Waals surface area contributed by atoms with E-state index in [1.807, 2.05) is 42.5 Å². The first-order chi connectivity index (χ1) is 22.2. The van der Waals surface area contributed by atoms with E-state index in [0.29, 0.717) is 12.1 Å². The summed E-state index contributed by atoms with van der Waals surface area (Å²) in [7, 11) is -7.52. The van der Waals surface area contributed by atoms with Crippen LogP contribution in [0.5, 0.6) is 0 Å². The number of hydrogen-bond acceptors (Lipinski definition) is 8. The number of ether oxygens (including phenoxy) is 2. The molecule has 254 valence electrons. The molecule has 0 saturated carbocycles. The quantitative estimate of drug-likeness (QED) is 0.216. The molecule has 1 aliphatic rings. The van der Waals surface area contributed by atoms with Crippen molar-refractivity contribution in [3.05, 3.63) is 102 Å². The molecule has 2 N–H and O–H groups in total. The van der Waals surface area contributed by atoms with E-state index in [0.717, 1.165) is 17.4 Å². The van der Waals surface area contributed by atoms with Crippen molar-refractivity contribution < 1.29 is 35.9 Å². The Labute approximate surface area is 277 Å². The maximum atomic E-state index is 13.9. The predicted molar refractivity (Wildman–Crippen MR) is 181 cm³/mol. The van der Waals surface area contributed by atoms with E-state index in [9.17, 15) is 26.4 Å². The summed E-state index contributed by atoms with van der Waals surface area (Å²) in [6, 6.07) is 25.0. The molecule has 11 nitrogen and oxygen atoms in total. The molecular formula is C34H43N3O8S2. The minimum absolute atomic E-state index is 0.0722. The molecular weight excluding hydrogens is 643 g/mol. The Balaban J connectivity index is 1.49. The number of carbonyl (C=O) groups excluding carboxylic acids is 2. The monoisotopic (exact) mass is 685 g/mol. The van der Waals surface area contributed by atoms with Crippen LogP contribution in [0.25, 0.3) is 0 Å². The van der Waals surface area contributed by atoms with Gasteiger partial charge in [0, 0.05) is 12.8 Å². The van der Waals surface area contributed by atoms with Crippen molar-refractivity contribution >= 4 is 37.5 Å². The number of rotatable bonds is 16. The molecule has 1 heterocycles. The average Bonchev–Trinajstić information content (AvgIpc) is 3.82. The maximum Gasteiger partial charge on any atom is 0.408 e. The number of para-hydroxylation sites is 1. The summed E-state index contributed by atoms with van der Waals surface area (Å²) in [6.45, 7) is 4.70. The molecule has 1 fully saturated rings. The highest BCUT2D eigenvalue weighted by molar-refractivity contribution is 7.92. The van der Waals surface area contributed by atoms with Crippen LogP contribution in [0.2, 0.25) is 0 Å². The van der Waals surface area contributed by atoms with Gasteiger partial charge in [-0.2, -0.15) is 0 Å². The number of benzene rings is 3. The summed E-state index contributed by atoms with van der Waals surface area (Å²) in [5.41, 5.74) is 2.18. The fourth-order valence-corrected chi connectivity index (χ4v) is 7.47. The zero-order valence-corrected chi connectivity index (χ0v) is 28.7. The molecule has 1 aliphatic heterocycles. The molecule has 0 aliphatic carbocycles. The van der Waals surface area contributed by atoms with Crippen LogP contribution in [0.3, 0.4) is 0 Å². The summed E-state index contributed by atoms with van der Waals surface area (Å²) in [6.07, 6.45) is -0.418. The van der Waals surface area contributed by atoms with Gasteiger partial charge >= 0.3 is 6.09 Å². The van der Waals surface area contributed by atoms with Gasteiger partial charge in [-0.15, -0.1) is 0 Å². The molecule has 2 amide bonds. The molecule has 3 aromatic carbocycles. The molecule has 0 bridgehead atoms. The van der Waals surface area contributed by atoms with E-state index >= 15 is 0 Å². The lowest BCUT2D eigenvalue weighted by molar-refractivity contribution is -0.124. The first kappa shape index (κ1) is 35.9. The third kappa shape index (κ3) is 9.55. The lowest BCUT2D eigenvalue weighted by atomic mass is 9.98. The average molecular weight is 686 g/mol. The number of carbonyl (C=O) groups is 2. The number of sulfonamides is 1. The van der Waals surface area contributed by atoms with Crippen LogP contribution in [-0.4, -0.2) is 76.4 Å². The normalized spacial score (nSPS) is 17.6. The molecule has 4 atom stereocenters. The number of epoxide rings is 1. The van der Waals surface area contributed by atoms with Crippen LogP contribution in [0, 0.1) is 0 Å². The summed E-state index contributed by atoms with van der Waals surface area (Å²) < 4.78 is 63.1. The number of alkyl carbamates (subject to hydrolysis) is 1. The Bertz CT molecular complexity index is 1700. The molecule has 1 saturated heterocycles. The van der Waals surface area contributed by atoms with Gasteiger partial charge in [0.05, 0.1) is 28.3 Å². The topological polar surface area (TPSA) is 151 Å². The van der Waals surface area contributed by atoms with Crippen LogP contribution in [0.1, 0.15) is 38.3 Å². The first-order valence-corrected chi connectivity index (χ1v) is 18.9. The fourth-order valence-electron chi connectivity index (χ4n) is 5.29. The second-order valence-corrected chi connectivity index (χ2v) is 16.7. The van der Waals surface area contributed by atoms with Crippen molar-refractivity contribution in [2.24, 2.45) is 0 Å². The van der Waals surface area contributed by atoms with Crippen LogP contribution < -0.4 is 14.9 Å². The standard InChI is InChI=1S/C34H43N3O8S2/c1-5-37(27-19-13-8-14-20-27)47(42,43)22-21-29-30(45-29)28(23-25-15-9-6-10-16-25)35-32(38)31(34(2,3)46(4,40)41)36-33(39)44-24-26-17-11-7-12-18-26/h6-20,28-31H,5,21-24H2,1-4H3,(H,35,38)(H,36,39)/t28-,29-,30+,31+/m0/s1. The molecule has 3 aromatic rings. The number of hydrogen-bond donors (Lipinski definition) is 2. The van der Waals surface area contributed by atoms with Gasteiger partial charge in [0.2, 0.25) is 15.9 Å². The zero-order chi connectivity index (χ0) is 34.2. The summed E-state index contributed by atoms with van der Waals surface area (Å²) in [5.74, 6) is -0.900. The Morgan fingerprint density at radius 3 is 1.98 bits per heavy atom. The molecule has 47 heavy (non-hydrogen) atoms. The van der Waals surface area contributed by atoms with E-state index in [1.165, 1.54) is 18.2 Å². The number of nitrogens with zero attached hydrogens (tertiary/aromatic N) is 1. The van der Waals surface area contributed by atoms with Crippen molar-refractivity contribution in [1.29, 1.82) is 0 Å². The highest BCUT2D eigenvalue weighted by Crippen LogP contribution is 2.32. The number of nitrogens with one attached hydrogen (secondary N) is 2. The van der Waals surface area contributed by atoms with Crippen LogP contribution in [0.15, 0.2) is 91.0 Å². The second-order valence-electron chi connectivity index (χ2n) is 12.1. The predicted octanol–water partition coefficient (Wildman–Crippen LogP) is 3.85. The van der Waals surface area contributed by atoms with E-state index in [4.69, 9.17) is 9.47 Å².